The van der Waals surface area contributed by atoms with Crippen molar-refractivity contribution < 1.29 is 34.2 Å². The molecule has 0 radical (unpaired) electrons. The number of fused-ring (bicyclic) bond motifs is 1. The van der Waals surface area contributed by atoms with Crippen molar-refractivity contribution in [3.8, 4) is 0 Å². The van der Waals surface area contributed by atoms with Crippen LogP contribution in [0, 0.1) is 0 Å². The predicted molar refractivity (Wildman–Crippen MR) is 137 cm³/mol. The second-order valence-electron chi connectivity index (χ2n) is 9.09. The third-order valence-electron chi connectivity index (χ3n) is 6.49. The summed E-state index contributed by atoms with van der Waals surface area (Å²) in [6, 6.07) is 2.52. The van der Waals surface area contributed by atoms with Crippen LogP contribution in [0.3, 0.4) is 0 Å². The van der Waals surface area contributed by atoms with Gasteiger partial charge in [0.2, 0.25) is 29.5 Å². The van der Waals surface area contributed by atoms with E-state index in [0.29, 0.717) is 5.56 Å². The summed E-state index contributed by atoms with van der Waals surface area (Å²) in [5, 5.41) is 27.8. The van der Waals surface area contributed by atoms with Gasteiger partial charge in [-0.1, -0.05) is 37.3 Å². The van der Waals surface area contributed by atoms with E-state index in [0.717, 1.165) is 4.90 Å². The SMILES string of the molecule is CC[C@@H]1NC(=O)CC(c2ccccc2)NC(=O)[C@@H]2[C@@H](Cl)[C@@H](Cl)CN2C(=O)[C@H](CO)NC(=O)[C@H](CO)NC1=O. The van der Waals surface area contributed by atoms with Crippen molar-refractivity contribution in [2.75, 3.05) is 19.8 Å². The number of halogens is 2. The molecule has 1 aromatic carbocycles. The van der Waals surface area contributed by atoms with Crippen LogP contribution in [0.2, 0.25) is 0 Å². The number of carbonyl (C=O) groups is 5. The number of nitrogens with one attached hydrogen (secondary N) is 4. The number of aliphatic hydroxyl groups excluding tert-OH is 2. The minimum atomic E-state index is -1.51. The summed E-state index contributed by atoms with van der Waals surface area (Å²) >= 11 is 12.7. The Morgan fingerprint density at radius 1 is 0.842 bits per heavy atom. The summed E-state index contributed by atoms with van der Waals surface area (Å²) in [6.45, 7) is -0.145. The molecule has 208 valence electrons. The maximum Gasteiger partial charge on any atom is 0.248 e. The van der Waals surface area contributed by atoms with E-state index in [1.54, 1.807) is 37.3 Å². The quantitative estimate of drug-likeness (QED) is 0.239. The molecule has 6 N–H and O–H groups in total. The summed E-state index contributed by atoms with van der Waals surface area (Å²) < 4.78 is 0. The van der Waals surface area contributed by atoms with Gasteiger partial charge in [0.15, 0.2) is 0 Å². The van der Waals surface area contributed by atoms with Gasteiger partial charge in [-0.15, -0.1) is 23.2 Å². The number of nitrogens with zero attached hydrogens (tertiary/aromatic N) is 1. The fourth-order valence-electron chi connectivity index (χ4n) is 4.40. The van der Waals surface area contributed by atoms with Gasteiger partial charge in [0.25, 0.3) is 0 Å². The molecular weight excluding hydrogens is 541 g/mol. The fraction of sp³-hybridized carbons (Fsp3) is 0.542. The maximum absolute atomic E-state index is 13.5. The highest BCUT2D eigenvalue weighted by Gasteiger charge is 2.48. The van der Waals surface area contributed by atoms with E-state index in [9.17, 15) is 34.2 Å². The van der Waals surface area contributed by atoms with Crippen LogP contribution < -0.4 is 21.3 Å². The Morgan fingerprint density at radius 2 is 1.45 bits per heavy atom. The molecule has 0 aromatic heterocycles. The molecule has 14 heteroatoms. The Bertz CT molecular complexity index is 1050. The number of benzene rings is 1. The Morgan fingerprint density at radius 3 is 2.05 bits per heavy atom. The first kappa shape index (κ1) is 29.6. The standard InChI is InChI=1S/C24H31Cl2N5O7/c1-2-14-21(35)29-16(10-32)22(36)30-17(11-33)24(38)31-9-13(25)19(26)20(31)23(37)28-15(8-18(34)27-14)12-6-4-3-5-7-12/h3-7,13-17,19-20,32-33H,2,8-11H2,1H3,(H,27,34)(H,28,37)(H,29,35)(H,30,36)/t13-,14-,15?,16-,17-,19-,20-/m0/s1. The van der Waals surface area contributed by atoms with Crippen molar-refractivity contribution in [3.63, 3.8) is 0 Å². The molecular formula is C24H31Cl2N5O7. The van der Waals surface area contributed by atoms with Crippen LogP contribution in [0.15, 0.2) is 30.3 Å². The summed E-state index contributed by atoms with van der Waals surface area (Å²) in [5.74, 6) is -3.75. The van der Waals surface area contributed by atoms with Gasteiger partial charge in [0, 0.05) is 6.54 Å². The van der Waals surface area contributed by atoms with E-state index < -0.39 is 83.7 Å². The monoisotopic (exact) mass is 571 g/mol. The van der Waals surface area contributed by atoms with Crippen LogP contribution in [0.1, 0.15) is 31.4 Å². The van der Waals surface area contributed by atoms with E-state index in [1.807, 2.05) is 0 Å². The molecule has 2 heterocycles. The second kappa shape index (κ2) is 13.2. The molecule has 0 aliphatic carbocycles. The molecule has 38 heavy (non-hydrogen) atoms. The van der Waals surface area contributed by atoms with E-state index in [4.69, 9.17) is 23.2 Å². The molecule has 2 fully saturated rings. The number of hydrogen-bond acceptors (Lipinski definition) is 7. The predicted octanol–water partition coefficient (Wildman–Crippen LogP) is -1.48. The smallest absolute Gasteiger partial charge is 0.248 e. The van der Waals surface area contributed by atoms with Crippen LogP contribution >= 0.6 is 23.2 Å². The Kier molecular flexibility index (Phi) is 10.3. The van der Waals surface area contributed by atoms with Crippen LogP contribution in [0.5, 0.6) is 0 Å². The average molecular weight is 572 g/mol. The molecule has 3 rings (SSSR count). The zero-order valence-electron chi connectivity index (χ0n) is 20.6. The molecule has 1 unspecified atom stereocenters. The van der Waals surface area contributed by atoms with Crippen molar-refractivity contribution >= 4 is 52.7 Å². The number of amides is 5. The van der Waals surface area contributed by atoms with Gasteiger partial charge >= 0.3 is 0 Å². The molecule has 0 bridgehead atoms. The van der Waals surface area contributed by atoms with Gasteiger partial charge < -0.3 is 36.4 Å². The van der Waals surface area contributed by atoms with Crippen molar-refractivity contribution in [2.24, 2.45) is 0 Å². The fourth-order valence-corrected chi connectivity index (χ4v) is 5.01. The van der Waals surface area contributed by atoms with Crippen molar-refractivity contribution in [1.82, 2.24) is 26.2 Å². The molecule has 0 saturated carbocycles. The van der Waals surface area contributed by atoms with Crippen LogP contribution in [0.25, 0.3) is 0 Å². The minimum Gasteiger partial charge on any atom is -0.394 e. The molecule has 2 aliphatic rings. The highest BCUT2D eigenvalue weighted by Crippen LogP contribution is 2.29. The topological polar surface area (TPSA) is 177 Å². The molecule has 12 nitrogen and oxygen atoms in total. The van der Waals surface area contributed by atoms with Gasteiger partial charge in [0.05, 0.1) is 36.4 Å². The zero-order valence-corrected chi connectivity index (χ0v) is 22.1. The summed E-state index contributed by atoms with van der Waals surface area (Å²) in [7, 11) is 0. The average Bonchev–Trinajstić information content (AvgIpc) is 3.21. The lowest BCUT2D eigenvalue weighted by Crippen LogP contribution is -2.60. The van der Waals surface area contributed by atoms with Crippen molar-refractivity contribution in [1.29, 1.82) is 0 Å². The van der Waals surface area contributed by atoms with Gasteiger partial charge in [-0.25, -0.2) is 0 Å². The highest BCUT2D eigenvalue weighted by molar-refractivity contribution is 6.32. The first-order valence-corrected chi connectivity index (χ1v) is 13.0. The normalized spacial score (nSPS) is 31.7. The van der Waals surface area contributed by atoms with Crippen LogP contribution in [0.4, 0.5) is 0 Å². The third-order valence-corrected chi connectivity index (χ3v) is 7.57. The first-order valence-electron chi connectivity index (χ1n) is 12.2. The molecule has 2 saturated heterocycles. The molecule has 7 atom stereocenters. The lowest BCUT2D eigenvalue weighted by atomic mass is 10.0. The van der Waals surface area contributed by atoms with Crippen molar-refractivity contribution in [2.45, 2.75) is 60.7 Å². The molecule has 5 amide bonds. The number of hydrogen-bond donors (Lipinski definition) is 6. The first-order chi connectivity index (χ1) is 18.1. The van der Waals surface area contributed by atoms with E-state index >= 15 is 0 Å². The van der Waals surface area contributed by atoms with Gasteiger partial charge in [-0.05, 0) is 12.0 Å². The summed E-state index contributed by atoms with van der Waals surface area (Å²) in [5.41, 5.74) is 0.597. The van der Waals surface area contributed by atoms with Gasteiger partial charge in [0.1, 0.15) is 24.2 Å². The van der Waals surface area contributed by atoms with Crippen molar-refractivity contribution in [3.05, 3.63) is 35.9 Å². The minimum absolute atomic E-state index is 0.145. The zero-order chi connectivity index (χ0) is 28.0. The second-order valence-corrected chi connectivity index (χ2v) is 10.2. The third kappa shape index (κ3) is 6.73. The largest absolute Gasteiger partial charge is 0.394 e. The molecule has 0 spiro atoms. The number of aliphatic hydroxyl groups is 2. The molecule has 2 aliphatic heterocycles. The number of rotatable bonds is 4. The van der Waals surface area contributed by atoms with Crippen LogP contribution in [-0.4, -0.2) is 99.3 Å². The lowest BCUT2D eigenvalue weighted by Gasteiger charge is -2.31. The Balaban J connectivity index is 2.02. The summed E-state index contributed by atoms with van der Waals surface area (Å²) in [4.78, 5) is 66.4. The lowest BCUT2D eigenvalue weighted by molar-refractivity contribution is -0.143. The number of carbonyl (C=O) groups excluding carboxylic acids is 5. The summed E-state index contributed by atoms with van der Waals surface area (Å²) in [6.07, 6.45) is -0.0832. The highest BCUT2D eigenvalue weighted by atomic mass is 35.5. The van der Waals surface area contributed by atoms with E-state index in [2.05, 4.69) is 21.3 Å². The Hall–Kier alpha value is -2.93. The van der Waals surface area contributed by atoms with E-state index in [1.165, 1.54) is 0 Å². The maximum atomic E-state index is 13.5. The Labute approximate surface area is 229 Å². The van der Waals surface area contributed by atoms with Gasteiger partial charge in [-0.3, -0.25) is 24.0 Å². The van der Waals surface area contributed by atoms with E-state index in [-0.39, 0.29) is 19.4 Å². The molecule has 1 aromatic rings. The number of alkyl halides is 2. The van der Waals surface area contributed by atoms with Crippen LogP contribution in [-0.2, 0) is 24.0 Å². The van der Waals surface area contributed by atoms with Gasteiger partial charge in [-0.2, -0.15) is 0 Å².